The van der Waals surface area contributed by atoms with Gasteiger partial charge in [-0.15, -0.1) is 0 Å². The first kappa shape index (κ1) is 16.3. The monoisotopic (exact) mass is 295 g/mol. The Balaban J connectivity index is 1.99. The fourth-order valence-electron chi connectivity index (χ4n) is 4.11. The van der Waals surface area contributed by atoms with Crippen LogP contribution in [-0.2, 0) is 9.59 Å². The second-order valence-corrected chi connectivity index (χ2v) is 7.18. The number of amides is 1. The van der Waals surface area contributed by atoms with E-state index in [4.69, 9.17) is 0 Å². The van der Waals surface area contributed by atoms with Crippen molar-refractivity contribution in [3.63, 3.8) is 0 Å². The van der Waals surface area contributed by atoms with Gasteiger partial charge in [0, 0.05) is 6.04 Å². The molecule has 4 unspecified atom stereocenters. The fourth-order valence-corrected chi connectivity index (χ4v) is 4.11. The van der Waals surface area contributed by atoms with Crippen molar-refractivity contribution in [1.82, 2.24) is 5.32 Å². The maximum atomic E-state index is 12.6. The summed E-state index contributed by atoms with van der Waals surface area (Å²) >= 11 is 0. The van der Waals surface area contributed by atoms with Crippen LogP contribution in [-0.4, -0.2) is 23.0 Å². The number of carboxylic acid groups (broad SMARTS) is 1. The zero-order valence-electron chi connectivity index (χ0n) is 13.5. The van der Waals surface area contributed by atoms with Gasteiger partial charge in [0.2, 0.25) is 5.91 Å². The molecule has 0 bridgehead atoms. The minimum absolute atomic E-state index is 0.0238. The lowest BCUT2D eigenvalue weighted by Gasteiger charge is -2.35. The topological polar surface area (TPSA) is 66.4 Å². The van der Waals surface area contributed by atoms with Gasteiger partial charge in [-0.25, -0.2) is 0 Å². The molecule has 6 atom stereocenters. The number of carbonyl (C=O) groups is 2. The smallest absolute Gasteiger partial charge is 0.307 e. The van der Waals surface area contributed by atoms with Gasteiger partial charge >= 0.3 is 5.97 Å². The largest absolute Gasteiger partial charge is 0.481 e. The van der Waals surface area contributed by atoms with Crippen molar-refractivity contribution in [3.05, 3.63) is 0 Å². The first-order valence-electron chi connectivity index (χ1n) is 8.47. The second kappa shape index (κ2) is 6.80. The Kier molecular flexibility index (Phi) is 5.28. The second-order valence-electron chi connectivity index (χ2n) is 7.18. The number of nitrogens with one attached hydrogen (secondary N) is 1. The van der Waals surface area contributed by atoms with E-state index in [0.29, 0.717) is 24.2 Å². The number of aliphatic carboxylic acids is 1. The average molecular weight is 295 g/mol. The zero-order valence-corrected chi connectivity index (χ0v) is 13.5. The molecule has 0 aliphatic heterocycles. The predicted molar refractivity (Wildman–Crippen MR) is 81.7 cm³/mol. The summed E-state index contributed by atoms with van der Waals surface area (Å²) in [4.78, 5) is 24.0. The van der Waals surface area contributed by atoms with Crippen LogP contribution < -0.4 is 5.32 Å². The highest BCUT2D eigenvalue weighted by atomic mass is 16.4. The molecule has 4 heteroatoms. The van der Waals surface area contributed by atoms with E-state index in [0.717, 1.165) is 25.7 Å². The van der Waals surface area contributed by atoms with Gasteiger partial charge in [-0.05, 0) is 37.0 Å². The van der Waals surface area contributed by atoms with Crippen LogP contribution in [0, 0.1) is 29.6 Å². The van der Waals surface area contributed by atoms with E-state index < -0.39 is 11.9 Å². The Morgan fingerprint density at radius 1 is 1.14 bits per heavy atom. The van der Waals surface area contributed by atoms with Crippen LogP contribution in [0.2, 0.25) is 0 Å². The Morgan fingerprint density at radius 3 is 2.43 bits per heavy atom. The molecule has 0 radical (unpaired) electrons. The Morgan fingerprint density at radius 2 is 1.81 bits per heavy atom. The fraction of sp³-hybridized carbons (Fsp3) is 0.882. The molecule has 2 N–H and O–H groups in total. The van der Waals surface area contributed by atoms with Crippen molar-refractivity contribution >= 4 is 11.9 Å². The van der Waals surface area contributed by atoms with E-state index in [1.54, 1.807) is 0 Å². The number of hydrogen-bond acceptors (Lipinski definition) is 2. The van der Waals surface area contributed by atoms with Crippen molar-refractivity contribution < 1.29 is 14.7 Å². The predicted octanol–water partition coefficient (Wildman–Crippen LogP) is 3.06. The summed E-state index contributed by atoms with van der Waals surface area (Å²) in [6.07, 6.45) is 5.76. The van der Waals surface area contributed by atoms with Crippen LogP contribution >= 0.6 is 0 Å². The minimum atomic E-state index is -0.809. The molecule has 0 spiro atoms. The van der Waals surface area contributed by atoms with Crippen LogP contribution in [0.4, 0.5) is 0 Å². The molecule has 0 saturated heterocycles. The van der Waals surface area contributed by atoms with E-state index in [9.17, 15) is 14.7 Å². The van der Waals surface area contributed by atoms with Crippen molar-refractivity contribution in [2.75, 3.05) is 0 Å². The molecule has 0 aromatic heterocycles. The van der Waals surface area contributed by atoms with Crippen LogP contribution in [0.15, 0.2) is 0 Å². The molecule has 21 heavy (non-hydrogen) atoms. The Labute approximate surface area is 127 Å². The highest BCUT2D eigenvalue weighted by Crippen LogP contribution is 2.39. The molecule has 0 aromatic carbocycles. The van der Waals surface area contributed by atoms with Gasteiger partial charge in [0.25, 0.3) is 0 Å². The zero-order chi connectivity index (χ0) is 15.6. The van der Waals surface area contributed by atoms with Crippen LogP contribution in [0.5, 0.6) is 0 Å². The third-order valence-corrected chi connectivity index (χ3v) is 5.93. The molecule has 1 amide bonds. The molecule has 120 valence electrons. The maximum absolute atomic E-state index is 12.6. The van der Waals surface area contributed by atoms with E-state index >= 15 is 0 Å². The minimum Gasteiger partial charge on any atom is -0.481 e. The average Bonchev–Trinajstić information content (AvgIpc) is 2.88. The molecule has 0 heterocycles. The SMILES string of the molecule is CCC1C[C@H](C(=O)NC2CCCC(C)C2C)[C@H](C(=O)O)C1. The summed E-state index contributed by atoms with van der Waals surface area (Å²) in [7, 11) is 0. The van der Waals surface area contributed by atoms with Gasteiger partial charge in [0.05, 0.1) is 11.8 Å². The van der Waals surface area contributed by atoms with Gasteiger partial charge in [-0.3, -0.25) is 9.59 Å². The summed E-state index contributed by atoms with van der Waals surface area (Å²) in [6, 6.07) is 0.219. The van der Waals surface area contributed by atoms with E-state index in [-0.39, 0.29) is 17.9 Å². The van der Waals surface area contributed by atoms with Crippen molar-refractivity contribution in [2.45, 2.75) is 65.3 Å². The van der Waals surface area contributed by atoms with Gasteiger partial charge in [-0.1, -0.05) is 40.0 Å². The summed E-state index contributed by atoms with van der Waals surface area (Å²) < 4.78 is 0. The third kappa shape index (κ3) is 3.58. The molecule has 2 aliphatic rings. The van der Waals surface area contributed by atoms with E-state index in [1.807, 2.05) is 0 Å². The third-order valence-electron chi connectivity index (χ3n) is 5.93. The molecular formula is C17H29NO3. The lowest BCUT2D eigenvalue weighted by molar-refractivity contribution is -0.146. The first-order valence-corrected chi connectivity index (χ1v) is 8.47. The molecule has 2 rings (SSSR count). The van der Waals surface area contributed by atoms with Crippen LogP contribution in [0.3, 0.4) is 0 Å². The summed E-state index contributed by atoms with van der Waals surface area (Å²) in [5.74, 6) is -0.172. The summed E-state index contributed by atoms with van der Waals surface area (Å²) in [5, 5.41) is 12.5. The van der Waals surface area contributed by atoms with Crippen molar-refractivity contribution in [2.24, 2.45) is 29.6 Å². The highest BCUT2D eigenvalue weighted by molar-refractivity contribution is 5.85. The summed E-state index contributed by atoms with van der Waals surface area (Å²) in [6.45, 7) is 6.52. The van der Waals surface area contributed by atoms with Crippen molar-refractivity contribution in [1.29, 1.82) is 0 Å². The molecule has 0 aromatic rings. The number of rotatable bonds is 4. The quantitative estimate of drug-likeness (QED) is 0.837. The number of hydrogen-bond donors (Lipinski definition) is 2. The standard InChI is InChI=1S/C17H29NO3/c1-4-12-8-13(14(9-12)17(20)21)16(19)18-15-7-5-6-10(2)11(15)3/h10-15H,4-9H2,1-3H3,(H,18,19)(H,20,21)/t10?,11?,12?,13-,14+,15?/m0/s1. The van der Waals surface area contributed by atoms with Gasteiger partial charge in [-0.2, -0.15) is 0 Å². The Bertz CT molecular complexity index is 395. The normalized spacial score (nSPS) is 40.0. The van der Waals surface area contributed by atoms with E-state index in [1.165, 1.54) is 6.42 Å². The number of carbonyl (C=O) groups excluding carboxylic acids is 1. The summed E-state index contributed by atoms with van der Waals surface area (Å²) in [5.41, 5.74) is 0. The lowest BCUT2D eigenvalue weighted by Crippen LogP contribution is -2.47. The van der Waals surface area contributed by atoms with Crippen LogP contribution in [0.25, 0.3) is 0 Å². The van der Waals surface area contributed by atoms with Gasteiger partial charge in [0.1, 0.15) is 0 Å². The molecule has 2 aliphatic carbocycles. The molecule has 2 saturated carbocycles. The maximum Gasteiger partial charge on any atom is 0.307 e. The first-order chi connectivity index (χ1) is 9.93. The Hall–Kier alpha value is -1.06. The highest BCUT2D eigenvalue weighted by Gasteiger charge is 2.43. The van der Waals surface area contributed by atoms with Gasteiger partial charge < -0.3 is 10.4 Å². The lowest BCUT2D eigenvalue weighted by atomic mass is 9.77. The number of carboxylic acids is 1. The molecule has 4 nitrogen and oxygen atoms in total. The van der Waals surface area contributed by atoms with Gasteiger partial charge in [0.15, 0.2) is 0 Å². The van der Waals surface area contributed by atoms with E-state index in [2.05, 4.69) is 26.1 Å². The van der Waals surface area contributed by atoms with Crippen molar-refractivity contribution in [3.8, 4) is 0 Å². The van der Waals surface area contributed by atoms with Crippen LogP contribution in [0.1, 0.15) is 59.3 Å². The molecule has 2 fully saturated rings. The molecular weight excluding hydrogens is 266 g/mol.